The number of quaternary nitrogens is 1. The van der Waals surface area contributed by atoms with Crippen LogP contribution in [0.1, 0.15) is 322 Å². The number of phosphoric ester groups is 1. The van der Waals surface area contributed by atoms with Crippen LogP contribution in [0.4, 0.5) is 0 Å². The summed E-state index contributed by atoms with van der Waals surface area (Å²) in [6.07, 6.45) is 96.4. The SMILES string of the molecule is CC/C=C\C/C=C\C/C=C\C/C=C\C/C=C\C/C=C\CCCCCCCCC(=O)OC(COC(=O)CCCCCCCCCCCCCCCCCCCCCCCCCC/C=C\C/C=C\C/C=C\CCCCCCC)COP(=O)(O)OCC[N+](C)(C)C. The molecule has 0 amide bonds. The maximum absolute atomic E-state index is 12.9. The number of phosphoric acid groups is 1. The quantitative estimate of drug-likeness (QED) is 0.0211. The summed E-state index contributed by atoms with van der Waals surface area (Å²) in [5, 5.41) is 0. The highest BCUT2D eigenvalue weighted by atomic mass is 31.2. The molecule has 0 aromatic rings. The van der Waals surface area contributed by atoms with Crippen molar-refractivity contribution in [3.05, 3.63) is 109 Å². The second-order valence-corrected chi connectivity index (χ2v) is 27.0. The number of esters is 2. The lowest BCUT2D eigenvalue weighted by atomic mass is 10.0. The lowest BCUT2D eigenvalue weighted by Crippen LogP contribution is -2.37. The average Bonchev–Trinajstić information content (AvgIpc) is 3.57. The molecular weight excluding hydrogens is 1110 g/mol. The summed E-state index contributed by atoms with van der Waals surface area (Å²) in [6.45, 7) is 4.31. The standard InChI is InChI=1S/C78H138NO8P/c1-6-8-10-12-14-16-18-20-22-24-26-28-30-32-33-34-35-36-37-38-39-40-41-42-43-44-45-47-48-50-52-54-56-58-60-62-64-66-68-70-77(80)84-74-76(75-86-88(82,83)85-73-72-79(3,4)5)87-78(81)71-69-67-65-63-61-59-57-55-53-51-49-46-31-29-27-25-23-21-19-17-15-13-11-9-7-2/h9,11,15,17-18,20-21,23-24,26-27,29-30,32,46,49,53,55,76H,6-8,10,12-14,16,19,22,25,28,31,33-45,47-48,50-52,54,56-75H2,1-5H3/p+1/b11-9-,17-15-,20-18-,23-21-,26-24-,29-27-,32-30-,49-46-,55-53-. The molecule has 0 aromatic carbocycles. The smallest absolute Gasteiger partial charge is 0.462 e. The molecule has 0 saturated heterocycles. The number of carbonyl (C=O) groups is 2. The fraction of sp³-hybridized carbons (Fsp3) is 0.744. The molecule has 2 atom stereocenters. The Labute approximate surface area is 544 Å². The number of nitrogens with zero attached hydrogens (tertiary/aromatic N) is 1. The highest BCUT2D eigenvalue weighted by Crippen LogP contribution is 2.43. The first kappa shape index (κ1) is 84.7. The van der Waals surface area contributed by atoms with Crippen LogP contribution in [-0.4, -0.2) is 74.9 Å². The van der Waals surface area contributed by atoms with Gasteiger partial charge in [0, 0.05) is 12.8 Å². The van der Waals surface area contributed by atoms with Crippen LogP contribution in [0.5, 0.6) is 0 Å². The summed E-state index contributed by atoms with van der Waals surface area (Å²) in [6, 6.07) is 0. The maximum Gasteiger partial charge on any atom is 0.472 e. The van der Waals surface area contributed by atoms with Gasteiger partial charge in [0.2, 0.25) is 0 Å². The number of rotatable bonds is 67. The first-order chi connectivity index (χ1) is 43.0. The number of likely N-dealkylation sites (N-methyl/N-ethyl adjacent to an activating group) is 1. The van der Waals surface area contributed by atoms with E-state index in [1.807, 2.05) is 21.1 Å². The van der Waals surface area contributed by atoms with Crippen molar-refractivity contribution in [3.63, 3.8) is 0 Å². The highest BCUT2D eigenvalue weighted by Gasteiger charge is 2.27. The summed E-state index contributed by atoms with van der Waals surface area (Å²) >= 11 is 0. The second kappa shape index (κ2) is 68.0. The van der Waals surface area contributed by atoms with E-state index in [9.17, 15) is 19.0 Å². The van der Waals surface area contributed by atoms with Crippen molar-refractivity contribution < 1.29 is 42.1 Å². The van der Waals surface area contributed by atoms with Crippen LogP contribution < -0.4 is 0 Å². The van der Waals surface area contributed by atoms with Crippen molar-refractivity contribution in [2.24, 2.45) is 0 Å². The molecule has 0 spiro atoms. The van der Waals surface area contributed by atoms with Crippen LogP contribution in [0.2, 0.25) is 0 Å². The molecule has 0 aliphatic rings. The van der Waals surface area contributed by atoms with Crippen molar-refractivity contribution in [2.45, 2.75) is 328 Å². The number of hydrogen-bond donors (Lipinski definition) is 1. The van der Waals surface area contributed by atoms with Gasteiger partial charge < -0.3 is 18.9 Å². The Morgan fingerprint density at radius 1 is 0.364 bits per heavy atom. The van der Waals surface area contributed by atoms with E-state index in [1.165, 1.54) is 180 Å². The Balaban J connectivity index is 3.98. The molecule has 0 radical (unpaired) electrons. The minimum absolute atomic E-state index is 0.0249. The van der Waals surface area contributed by atoms with E-state index in [0.717, 1.165) is 109 Å². The molecular formula is C78H139NO8P+. The van der Waals surface area contributed by atoms with Gasteiger partial charge in [0.1, 0.15) is 19.8 Å². The summed E-state index contributed by atoms with van der Waals surface area (Å²) in [5.41, 5.74) is 0. The third kappa shape index (κ3) is 71.7. The van der Waals surface area contributed by atoms with E-state index in [-0.39, 0.29) is 32.0 Å². The molecule has 9 nitrogen and oxygen atoms in total. The van der Waals surface area contributed by atoms with Crippen LogP contribution in [0.25, 0.3) is 0 Å². The molecule has 0 aliphatic carbocycles. The van der Waals surface area contributed by atoms with E-state index in [0.29, 0.717) is 17.4 Å². The van der Waals surface area contributed by atoms with Crippen molar-refractivity contribution in [1.29, 1.82) is 0 Å². The molecule has 88 heavy (non-hydrogen) atoms. The average molecular weight is 1250 g/mol. The molecule has 10 heteroatoms. The first-order valence-electron chi connectivity index (χ1n) is 36.6. The monoisotopic (exact) mass is 1250 g/mol. The lowest BCUT2D eigenvalue weighted by molar-refractivity contribution is -0.870. The number of unbranched alkanes of at least 4 members (excludes halogenated alkanes) is 35. The van der Waals surface area contributed by atoms with E-state index >= 15 is 0 Å². The number of hydrogen-bond acceptors (Lipinski definition) is 7. The predicted molar refractivity (Wildman–Crippen MR) is 381 cm³/mol. The number of allylic oxidation sites excluding steroid dienone is 18. The second-order valence-electron chi connectivity index (χ2n) is 25.6. The largest absolute Gasteiger partial charge is 0.472 e. The molecule has 0 rings (SSSR count). The molecule has 0 bridgehead atoms. The van der Waals surface area contributed by atoms with Gasteiger partial charge in [-0.25, -0.2) is 4.57 Å². The van der Waals surface area contributed by atoms with E-state index in [2.05, 4.69) is 123 Å². The fourth-order valence-electron chi connectivity index (χ4n) is 10.2. The Morgan fingerprint density at radius 2 is 0.648 bits per heavy atom. The zero-order valence-corrected chi connectivity index (χ0v) is 58.8. The van der Waals surface area contributed by atoms with Crippen LogP contribution in [0.3, 0.4) is 0 Å². The lowest BCUT2D eigenvalue weighted by Gasteiger charge is -2.24. The maximum atomic E-state index is 12.9. The minimum atomic E-state index is -4.40. The normalized spacial score (nSPS) is 13.8. The van der Waals surface area contributed by atoms with Gasteiger partial charge in [-0.1, -0.05) is 316 Å². The third-order valence-corrected chi connectivity index (χ3v) is 16.8. The topological polar surface area (TPSA) is 108 Å². The summed E-state index contributed by atoms with van der Waals surface area (Å²) in [7, 11) is 1.46. The molecule has 0 aliphatic heterocycles. The number of carbonyl (C=O) groups excluding carboxylic acids is 2. The minimum Gasteiger partial charge on any atom is -0.462 e. The van der Waals surface area contributed by atoms with Gasteiger partial charge in [0.25, 0.3) is 0 Å². The van der Waals surface area contributed by atoms with Gasteiger partial charge >= 0.3 is 19.8 Å². The number of ether oxygens (including phenoxy) is 2. The third-order valence-electron chi connectivity index (χ3n) is 15.8. The molecule has 0 heterocycles. The zero-order valence-electron chi connectivity index (χ0n) is 57.9. The molecule has 0 aromatic heterocycles. The Bertz CT molecular complexity index is 1850. The molecule has 508 valence electrons. The van der Waals surface area contributed by atoms with E-state index in [4.69, 9.17) is 18.5 Å². The molecule has 2 unspecified atom stereocenters. The van der Waals surface area contributed by atoms with Crippen molar-refractivity contribution >= 4 is 19.8 Å². The summed E-state index contributed by atoms with van der Waals surface area (Å²) in [5.74, 6) is -0.808. The van der Waals surface area contributed by atoms with Gasteiger partial charge in [-0.15, -0.1) is 0 Å². The molecule has 0 fully saturated rings. The Hall–Kier alpha value is -3.33. The van der Waals surface area contributed by atoms with Gasteiger partial charge in [-0.05, 0) is 103 Å². The van der Waals surface area contributed by atoms with Crippen LogP contribution in [-0.2, 0) is 32.7 Å². The van der Waals surface area contributed by atoms with Crippen LogP contribution >= 0.6 is 7.82 Å². The van der Waals surface area contributed by atoms with Gasteiger partial charge in [-0.3, -0.25) is 18.6 Å². The molecule has 1 N–H and O–H groups in total. The van der Waals surface area contributed by atoms with Crippen molar-refractivity contribution in [3.8, 4) is 0 Å². The van der Waals surface area contributed by atoms with E-state index in [1.54, 1.807) is 0 Å². The van der Waals surface area contributed by atoms with Crippen molar-refractivity contribution in [1.82, 2.24) is 0 Å². The summed E-state index contributed by atoms with van der Waals surface area (Å²) < 4.78 is 34.7. The fourth-order valence-corrected chi connectivity index (χ4v) is 10.9. The first-order valence-corrected chi connectivity index (χ1v) is 38.1. The predicted octanol–water partition coefficient (Wildman–Crippen LogP) is 24.1. The highest BCUT2D eigenvalue weighted by molar-refractivity contribution is 7.47. The zero-order chi connectivity index (χ0) is 64.1. The summed E-state index contributed by atoms with van der Waals surface area (Å²) in [4.78, 5) is 35.9. The molecule has 0 saturated carbocycles. The van der Waals surface area contributed by atoms with Gasteiger partial charge in [0.05, 0.1) is 27.7 Å². The Morgan fingerprint density at radius 3 is 0.966 bits per heavy atom. The van der Waals surface area contributed by atoms with Crippen LogP contribution in [0.15, 0.2) is 109 Å². The van der Waals surface area contributed by atoms with E-state index < -0.39 is 26.5 Å². The van der Waals surface area contributed by atoms with Gasteiger partial charge in [0.15, 0.2) is 6.10 Å². The van der Waals surface area contributed by atoms with Crippen LogP contribution in [0, 0.1) is 0 Å². The Kier molecular flexibility index (Phi) is 65.5. The van der Waals surface area contributed by atoms with Crippen molar-refractivity contribution in [2.75, 3.05) is 47.5 Å². The van der Waals surface area contributed by atoms with Gasteiger partial charge in [-0.2, -0.15) is 0 Å².